The number of fused-ring (bicyclic) bond motifs is 1. The van der Waals surface area contributed by atoms with Crippen LogP contribution in [0.1, 0.15) is 49.1 Å². The van der Waals surface area contributed by atoms with Crippen molar-refractivity contribution < 1.29 is 9.53 Å². The zero-order valence-corrected chi connectivity index (χ0v) is 24.8. The minimum atomic E-state index is 0.182. The summed E-state index contributed by atoms with van der Waals surface area (Å²) in [5.41, 5.74) is 4.66. The molecule has 0 unspecified atom stereocenters. The Morgan fingerprint density at radius 1 is 1.00 bits per heavy atom. The van der Waals surface area contributed by atoms with E-state index in [2.05, 4.69) is 52.0 Å². The highest BCUT2D eigenvalue weighted by atomic mass is 35.5. The molecule has 7 heteroatoms. The van der Waals surface area contributed by atoms with Crippen molar-refractivity contribution in [2.45, 2.75) is 58.6 Å². The summed E-state index contributed by atoms with van der Waals surface area (Å²) in [6.07, 6.45) is 5.91. The third-order valence-electron chi connectivity index (χ3n) is 8.16. The lowest BCUT2D eigenvalue weighted by molar-refractivity contribution is -0.121. The number of hydrogen-bond donors (Lipinski definition) is 1. The van der Waals surface area contributed by atoms with E-state index in [9.17, 15) is 4.79 Å². The van der Waals surface area contributed by atoms with Gasteiger partial charge < -0.3 is 19.5 Å². The van der Waals surface area contributed by atoms with Gasteiger partial charge in [-0.15, -0.1) is 0 Å². The first-order valence-electron chi connectivity index (χ1n) is 14.9. The number of para-hydroxylation sites is 1. The highest BCUT2D eigenvalue weighted by Gasteiger charge is 2.20. The molecule has 1 aliphatic heterocycles. The molecule has 41 heavy (non-hydrogen) atoms. The van der Waals surface area contributed by atoms with Crippen LogP contribution in [0.3, 0.4) is 0 Å². The van der Waals surface area contributed by atoms with Gasteiger partial charge in [0, 0.05) is 24.5 Å². The Labute approximate surface area is 248 Å². The number of nitrogens with one attached hydrogen (secondary N) is 1. The molecule has 2 heterocycles. The molecule has 5 rings (SSSR count). The van der Waals surface area contributed by atoms with Crippen molar-refractivity contribution in [3.05, 3.63) is 94.8 Å². The van der Waals surface area contributed by atoms with E-state index in [1.54, 1.807) is 0 Å². The molecule has 0 spiro atoms. The Kier molecular flexibility index (Phi) is 10.3. The van der Waals surface area contributed by atoms with Crippen LogP contribution in [0.5, 0.6) is 5.75 Å². The lowest BCUT2D eigenvalue weighted by Crippen LogP contribution is -2.35. The number of ether oxygens (including phenoxy) is 1. The second kappa shape index (κ2) is 14.5. The first-order chi connectivity index (χ1) is 20.0. The van der Waals surface area contributed by atoms with Crippen LogP contribution in [-0.4, -0.2) is 46.5 Å². The molecule has 3 aromatic carbocycles. The van der Waals surface area contributed by atoms with Gasteiger partial charge in [0.05, 0.1) is 11.0 Å². The number of halogens is 1. The minimum absolute atomic E-state index is 0.182. The van der Waals surface area contributed by atoms with Crippen LogP contribution in [-0.2, 0) is 24.4 Å². The predicted octanol–water partition coefficient (Wildman–Crippen LogP) is 6.82. The fourth-order valence-electron chi connectivity index (χ4n) is 5.74. The van der Waals surface area contributed by atoms with Gasteiger partial charge in [-0.1, -0.05) is 54.1 Å². The summed E-state index contributed by atoms with van der Waals surface area (Å²) in [5, 5.41) is 3.79. The van der Waals surface area contributed by atoms with E-state index >= 15 is 0 Å². The second-order valence-electron chi connectivity index (χ2n) is 11.1. The van der Waals surface area contributed by atoms with E-state index in [4.69, 9.17) is 21.3 Å². The predicted molar refractivity (Wildman–Crippen MR) is 166 cm³/mol. The normalized spacial score (nSPS) is 14.4. The second-order valence-corrected chi connectivity index (χ2v) is 11.6. The Bertz CT molecular complexity index is 1400. The third-order valence-corrected chi connectivity index (χ3v) is 8.41. The van der Waals surface area contributed by atoms with Crippen LogP contribution in [0.15, 0.2) is 72.8 Å². The summed E-state index contributed by atoms with van der Waals surface area (Å²) in [5.74, 6) is 2.56. The summed E-state index contributed by atoms with van der Waals surface area (Å²) in [6.45, 7) is 7.43. The molecule has 1 aromatic heterocycles. The van der Waals surface area contributed by atoms with Crippen molar-refractivity contribution in [2.75, 3.05) is 26.2 Å². The van der Waals surface area contributed by atoms with Gasteiger partial charge in [0.2, 0.25) is 5.91 Å². The van der Waals surface area contributed by atoms with Gasteiger partial charge in [-0.25, -0.2) is 4.98 Å². The lowest BCUT2D eigenvalue weighted by Gasteiger charge is -2.32. The first kappa shape index (κ1) is 29.2. The Hall–Kier alpha value is -3.35. The number of amides is 1. The van der Waals surface area contributed by atoms with E-state index in [1.165, 1.54) is 29.5 Å². The van der Waals surface area contributed by atoms with Crippen molar-refractivity contribution in [1.29, 1.82) is 0 Å². The fourth-order valence-corrected chi connectivity index (χ4v) is 5.87. The molecule has 216 valence electrons. The van der Waals surface area contributed by atoms with Crippen LogP contribution >= 0.6 is 11.6 Å². The molecular formula is C34H41ClN4O2. The van der Waals surface area contributed by atoms with Crippen LogP contribution in [0.2, 0.25) is 5.02 Å². The van der Waals surface area contributed by atoms with Crippen LogP contribution in [0, 0.1) is 12.8 Å². The van der Waals surface area contributed by atoms with Crippen molar-refractivity contribution in [3.8, 4) is 5.75 Å². The van der Waals surface area contributed by atoms with Gasteiger partial charge in [0.25, 0.3) is 0 Å². The van der Waals surface area contributed by atoms with Gasteiger partial charge >= 0.3 is 0 Å². The van der Waals surface area contributed by atoms with Gasteiger partial charge in [0.15, 0.2) is 0 Å². The van der Waals surface area contributed by atoms with Crippen molar-refractivity contribution in [1.82, 2.24) is 19.8 Å². The molecule has 0 saturated carbocycles. The number of imidazole rings is 1. The Morgan fingerprint density at radius 2 is 1.78 bits per heavy atom. The highest BCUT2D eigenvalue weighted by Crippen LogP contribution is 2.24. The number of carbonyl (C=O) groups excluding carboxylic acids is 1. The maximum Gasteiger partial charge on any atom is 0.220 e. The molecule has 1 aliphatic rings. The van der Waals surface area contributed by atoms with Gasteiger partial charge in [-0.3, -0.25) is 4.79 Å². The number of hydrogen-bond acceptors (Lipinski definition) is 4. The standard InChI is InChI=1S/C34H41ClN4O2/c1-26-7-5-10-31-34(26)37-32(25-41-30-14-12-29(35)13-15-30)39(31)22-6-21-38-23-18-28(19-24-38)11-16-33(40)36-20-17-27-8-3-2-4-9-27/h2-5,7-10,12-15,28H,6,11,16-25H2,1H3,(H,36,40). The molecule has 6 nitrogen and oxygen atoms in total. The molecule has 4 aromatic rings. The number of aryl methyl sites for hydroxylation is 2. The topological polar surface area (TPSA) is 59.4 Å². The SMILES string of the molecule is Cc1cccc2c1nc(COc1ccc(Cl)cc1)n2CCCN1CCC(CCC(=O)NCCc2ccccc2)CC1. The number of aromatic nitrogens is 2. The summed E-state index contributed by atoms with van der Waals surface area (Å²) in [6, 6.07) is 24.2. The number of nitrogens with zero attached hydrogens (tertiary/aromatic N) is 3. The molecular weight excluding hydrogens is 532 g/mol. The molecule has 1 N–H and O–H groups in total. The smallest absolute Gasteiger partial charge is 0.220 e. The first-order valence-corrected chi connectivity index (χ1v) is 15.3. The zero-order valence-electron chi connectivity index (χ0n) is 24.0. The highest BCUT2D eigenvalue weighted by molar-refractivity contribution is 6.30. The van der Waals surface area contributed by atoms with Crippen LogP contribution < -0.4 is 10.1 Å². The van der Waals surface area contributed by atoms with E-state index < -0.39 is 0 Å². The molecule has 1 amide bonds. The fraction of sp³-hybridized carbons (Fsp3) is 0.412. The summed E-state index contributed by atoms with van der Waals surface area (Å²) < 4.78 is 8.39. The van der Waals surface area contributed by atoms with Crippen LogP contribution in [0.25, 0.3) is 11.0 Å². The van der Waals surface area contributed by atoms with E-state index in [0.29, 0.717) is 30.5 Å². The molecule has 1 fully saturated rings. The Morgan fingerprint density at radius 3 is 2.56 bits per heavy atom. The average molecular weight is 573 g/mol. The number of benzene rings is 3. The maximum absolute atomic E-state index is 12.3. The zero-order chi connectivity index (χ0) is 28.4. The number of rotatable bonds is 13. The summed E-state index contributed by atoms with van der Waals surface area (Å²) in [7, 11) is 0. The maximum atomic E-state index is 12.3. The summed E-state index contributed by atoms with van der Waals surface area (Å²) >= 11 is 6.02. The van der Waals surface area contributed by atoms with Gasteiger partial charge in [-0.2, -0.15) is 0 Å². The van der Waals surface area contributed by atoms with Gasteiger partial charge in [-0.05, 0) is 106 Å². The number of piperidine rings is 1. The lowest BCUT2D eigenvalue weighted by atomic mass is 9.92. The largest absolute Gasteiger partial charge is 0.486 e. The minimum Gasteiger partial charge on any atom is -0.486 e. The quantitative estimate of drug-likeness (QED) is 0.191. The monoisotopic (exact) mass is 572 g/mol. The molecule has 0 bridgehead atoms. The molecule has 0 aliphatic carbocycles. The van der Waals surface area contributed by atoms with Gasteiger partial charge in [0.1, 0.15) is 18.2 Å². The van der Waals surface area contributed by atoms with E-state index in [-0.39, 0.29) is 5.91 Å². The third kappa shape index (κ3) is 8.34. The van der Waals surface area contributed by atoms with Crippen molar-refractivity contribution >= 4 is 28.5 Å². The number of carbonyl (C=O) groups is 1. The van der Waals surface area contributed by atoms with E-state index in [1.807, 2.05) is 42.5 Å². The van der Waals surface area contributed by atoms with E-state index in [0.717, 1.165) is 62.5 Å². The Balaban J connectivity index is 1.05. The van der Waals surface area contributed by atoms with Crippen LogP contribution in [0.4, 0.5) is 0 Å². The molecule has 0 atom stereocenters. The summed E-state index contributed by atoms with van der Waals surface area (Å²) in [4.78, 5) is 19.9. The van der Waals surface area contributed by atoms with Crippen molar-refractivity contribution in [3.63, 3.8) is 0 Å². The number of likely N-dealkylation sites (tertiary alicyclic amines) is 1. The molecule has 0 radical (unpaired) electrons. The average Bonchev–Trinajstić information content (AvgIpc) is 3.35. The molecule has 1 saturated heterocycles. The van der Waals surface area contributed by atoms with Crippen molar-refractivity contribution in [2.24, 2.45) is 5.92 Å².